The van der Waals surface area contributed by atoms with E-state index < -0.39 is 225 Å². The SMILES string of the molecule is Cn1nc(Cn2c(=O)ccn([C@@H]3O[C@H](COP(=O)(O)C(F)(F)P(=O)(O)O)[C@H](O)C3O)c2=O)c2ccccc21.O=c1ccn([C@@H]2O[C@H](COP(=O)(O)C(F)(F)P(=O)(O)O)[C@H](O)C2O)c(=O)n1CC(F)(F)c1ccccc1.O=c1ccn([C@@H]2O[C@H](COP(=O)(O)C(F)(F)P(=O)(O)O)[C@H](O)C2O)c(=O)n1CCc1ccc(F)cc1F. The van der Waals surface area contributed by atoms with Crippen LogP contribution in [0.4, 0.5) is 43.9 Å². The molecule has 41 nitrogen and oxygen atoms in total. The number of halogens is 10. The Labute approximate surface area is 614 Å². The molecule has 7 aromatic rings. The Hall–Kier alpha value is -6.99. The van der Waals surface area contributed by atoms with Crippen LogP contribution in [0.3, 0.4) is 0 Å². The predicted molar refractivity (Wildman–Crippen MR) is 351 cm³/mol. The number of benzene rings is 3. The molecule has 3 saturated heterocycles. The van der Waals surface area contributed by atoms with Crippen molar-refractivity contribution in [3.05, 3.63) is 201 Å². The first-order valence-corrected chi connectivity index (χ1v) is 40.5. The van der Waals surface area contributed by atoms with Gasteiger partial charge in [-0.3, -0.25) is 73.9 Å². The van der Waals surface area contributed by atoms with E-state index in [1.54, 1.807) is 36.0 Å². The van der Waals surface area contributed by atoms with Crippen LogP contribution < -0.4 is 33.7 Å². The third kappa shape index (κ3) is 18.6. The number of ether oxygens (including phenoxy) is 3. The molecule has 0 amide bonds. The predicted octanol–water partition coefficient (Wildman–Crippen LogP) is -0.0745. The summed E-state index contributed by atoms with van der Waals surface area (Å²) in [6.45, 7) is -6.19. The number of rotatable bonds is 26. The van der Waals surface area contributed by atoms with Crippen LogP contribution in [0.15, 0.2) is 138 Å². The van der Waals surface area contributed by atoms with E-state index in [1.165, 1.54) is 18.2 Å². The molecule has 10 rings (SSSR count). The van der Waals surface area contributed by atoms with Gasteiger partial charge < -0.3 is 102 Å². The van der Waals surface area contributed by atoms with Gasteiger partial charge in [0.15, 0.2) is 18.7 Å². The van der Waals surface area contributed by atoms with Crippen LogP contribution >= 0.6 is 45.6 Å². The molecular formula is C55H62F10N8O33P6. The quantitative estimate of drug-likeness (QED) is 0.0249. The van der Waals surface area contributed by atoms with E-state index in [2.05, 4.69) is 18.7 Å². The molecule has 0 radical (unpaired) electrons. The lowest BCUT2D eigenvalue weighted by atomic mass is 10.1. The summed E-state index contributed by atoms with van der Waals surface area (Å²) in [6.07, 6.45) is -20.5. The van der Waals surface area contributed by atoms with Crippen LogP contribution in [0, 0.1) is 11.6 Å². The lowest BCUT2D eigenvalue weighted by Gasteiger charge is -2.24. The van der Waals surface area contributed by atoms with Crippen molar-refractivity contribution in [2.45, 2.75) is 122 Å². The van der Waals surface area contributed by atoms with E-state index in [1.807, 2.05) is 0 Å². The molecule has 57 heteroatoms. The van der Waals surface area contributed by atoms with Gasteiger partial charge in [-0.15, -0.1) is 0 Å². The number of aromatic nitrogens is 8. The average molecular weight is 1740 g/mol. The fraction of sp³-hybridized carbons (Fsp3) is 0.436. The number of aliphatic hydroxyl groups is 6. The third-order valence-electron chi connectivity index (χ3n) is 16.7. The Morgan fingerprint density at radius 1 is 0.464 bits per heavy atom. The van der Waals surface area contributed by atoms with Crippen molar-refractivity contribution in [2.75, 3.05) is 19.8 Å². The largest absolute Gasteiger partial charge is 0.443 e. The van der Waals surface area contributed by atoms with Gasteiger partial charge in [0.05, 0.1) is 44.1 Å². The number of hydrogen-bond acceptors (Lipinski definition) is 25. The maximum absolute atomic E-state index is 14.7. The Kier molecular flexibility index (Phi) is 27.2. The zero-order chi connectivity index (χ0) is 84.1. The van der Waals surface area contributed by atoms with Crippen molar-refractivity contribution < 1.29 is 174 Å². The van der Waals surface area contributed by atoms with Gasteiger partial charge in [0.2, 0.25) is 0 Å². The number of aliphatic hydroxyl groups excluding tert-OH is 6. The molecule has 6 unspecified atom stereocenters. The van der Waals surface area contributed by atoms with Gasteiger partial charge in [0.25, 0.3) is 22.6 Å². The maximum Gasteiger partial charge on any atom is 0.443 e. The Balaban J connectivity index is 0.000000211. The van der Waals surface area contributed by atoms with Gasteiger partial charge in [-0.1, -0.05) is 54.6 Å². The standard InChI is InChI=1S/C19H22F2N4O11P2.2C18H20F4N2O11P2/c1-23-12-5-3-2-4-10(12)11(22-23)8-25-14(26)6-7-24(18(25)29)17-16(28)15(27)13(36-17)9-35-38(33,34)19(20,21)37(30,31)32;19-10-2-1-9(11(20)7-10)3-5-23-13(25)4-6-24(17(23)28)16-15(27)14(26)12(35-16)8-34-37(32,33)18(21,22)36(29,30)31;19-17(20,10-4-2-1-3-5-10)9-24-12(25)6-7-23(16(24)28)15-14(27)13(26)11(35-15)8-34-37(32,33)18(21,22)36(29,30)31/h2-7,13,15-17,27-28H,8-9H2,1H3,(H,33,34)(H2,30,31,32);1-2,4,6-7,12,14-16,26-27H,3,5,8H2,(H,32,33)(H2,29,30,31);1-7,11,13-15,26-27H,8-9H2,(H,32,33)(H2,29,30,31)/t13-,15+,16?,17-;12-,14+,15?,16-;11-,13+,14?,15-/m111/s1. The molecular weight excluding hydrogens is 1680 g/mol. The highest BCUT2D eigenvalue weighted by molar-refractivity contribution is 7.73. The monoisotopic (exact) mass is 1740 g/mol. The molecule has 4 aromatic heterocycles. The highest BCUT2D eigenvalue weighted by Gasteiger charge is 2.68. The van der Waals surface area contributed by atoms with E-state index >= 15 is 0 Å². The van der Waals surface area contributed by atoms with Gasteiger partial charge in [-0.05, 0) is 24.1 Å². The van der Waals surface area contributed by atoms with Crippen molar-refractivity contribution in [1.29, 1.82) is 0 Å². The number of hydrogen-bond donors (Lipinski definition) is 15. The molecule has 0 spiro atoms. The lowest BCUT2D eigenvalue weighted by molar-refractivity contribution is -0.0572. The highest BCUT2D eigenvalue weighted by atomic mass is 31.3. The Morgan fingerprint density at radius 2 is 0.821 bits per heavy atom. The minimum Gasteiger partial charge on any atom is -0.387 e. The Morgan fingerprint density at radius 3 is 1.21 bits per heavy atom. The van der Waals surface area contributed by atoms with Crippen LogP contribution in [0.5, 0.6) is 0 Å². The van der Waals surface area contributed by atoms with Crippen molar-refractivity contribution in [3.63, 3.8) is 0 Å². The van der Waals surface area contributed by atoms with E-state index in [4.69, 9.17) is 43.6 Å². The molecule has 0 aliphatic carbocycles. The third-order valence-corrected chi connectivity index (χ3v) is 27.0. The maximum atomic E-state index is 14.7. The summed E-state index contributed by atoms with van der Waals surface area (Å²) in [6, 6.07) is 18.5. The summed E-state index contributed by atoms with van der Waals surface area (Å²) >= 11 is 0. The highest BCUT2D eigenvalue weighted by Crippen LogP contribution is 2.75. The van der Waals surface area contributed by atoms with E-state index in [9.17, 15) is 145 Å². The number of fused-ring (bicyclic) bond motifs is 1. The van der Waals surface area contributed by atoms with Crippen LogP contribution in [0.2, 0.25) is 0 Å². The first-order valence-electron chi connectivity index (χ1n) is 31.0. The van der Waals surface area contributed by atoms with Gasteiger partial charge in [0, 0.05) is 67.4 Å². The number of alkyl halides is 8. The molecule has 3 fully saturated rings. The van der Waals surface area contributed by atoms with E-state index in [0.717, 1.165) is 69.6 Å². The summed E-state index contributed by atoms with van der Waals surface area (Å²) in [5.41, 5.74) is -5.67. The smallest absolute Gasteiger partial charge is 0.387 e. The molecule has 620 valence electrons. The molecule has 7 heterocycles. The summed E-state index contributed by atoms with van der Waals surface area (Å²) in [5, 5.41) is 50.0. The van der Waals surface area contributed by atoms with Gasteiger partial charge in [0.1, 0.15) is 66.6 Å². The second-order valence-corrected chi connectivity index (χ2v) is 35.8. The molecule has 3 aliphatic heterocycles. The van der Waals surface area contributed by atoms with Gasteiger partial charge >= 0.3 is 78.9 Å². The van der Waals surface area contributed by atoms with Crippen LogP contribution in [-0.4, -0.2) is 203 Å². The summed E-state index contributed by atoms with van der Waals surface area (Å²) in [7, 11) is -36.6. The minimum absolute atomic E-state index is 0.0200. The first kappa shape index (κ1) is 90.5. The summed E-state index contributed by atoms with van der Waals surface area (Å²) < 4.78 is 238. The molecule has 15 atom stereocenters. The summed E-state index contributed by atoms with van der Waals surface area (Å²) in [4.78, 5) is 155. The average Bonchev–Trinajstić information content (AvgIpc) is 1.25. The molecule has 112 heavy (non-hydrogen) atoms. The fourth-order valence-electron chi connectivity index (χ4n) is 10.7. The second-order valence-electron chi connectivity index (χ2n) is 24.2. The summed E-state index contributed by atoms with van der Waals surface area (Å²) in [5.74, 6) is -5.45. The fourth-order valence-corrected chi connectivity index (χ4v) is 16.7. The molecule has 0 saturated carbocycles. The normalized spacial score (nSPS) is 24.3. The van der Waals surface area contributed by atoms with Crippen LogP contribution in [0.1, 0.15) is 35.5 Å². The minimum atomic E-state index is -6.46. The van der Waals surface area contributed by atoms with E-state index in [0.29, 0.717) is 36.9 Å². The van der Waals surface area contributed by atoms with Gasteiger partial charge in [-0.25, -0.2) is 23.2 Å². The lowest BCUT2D eigenvalue weighted by Crippen LogP contribution is -2.45. The van der Waals surface area contributed by atoms with Crippen LogP contribution in [0.25, 0.3) is 10.9 Å². The zero-order valence-electron chi connectivity index (χ0n) is 55.9. The second kappa shape index (κ2) is 33.7. The first-order chi connectivity index (χ1) is 51.4. The van der Waals surface area contributed by atoms with Gasteiger partial charge in [-0.2, -0.15) is 40.2 Å². The van der Waals surface area contributed by atoms with Crippen molar-refractivity contribution in [2.24, 2.45) is 7.05 Å². The van der Waals surface area contributed by atoms with Crippen molar-refractivity contribution >= 4 is 56.5 Å². The Bertz CT molecular complexity index is 5330. The molecule has 0 bridgehead atoms. The van der Waals surface area contributed by atoms with Crippen LogP contribution in [-0.2, 0) is 94.2 Å². The topological polar surface area (TPSA) is 611 Å². The zero-order valence-corrected chi connectivity index (χ0v) is 61.2. The number of aryl methyl sites for hydroxylation is 2. The van der Waals surface area contributed by atoms with E-state index in [-0.39, 0.29) is 23.1 Å². The van der Waals surface area contributed by atoms with Crippen molar-refractivity contribution in [3.8, 4) is 0 Å². The molecule has 3 aliphatic rings. The number of para-hydroxylation sites is 1. The number of nitrogens with zero attached hydrogens (tertiary/aromatic N) is 8. The molecule has 3 aromatic carbocycles. The van der Waals surface area contributed by atoms with Crippen molar-refractivity contribution in [1.82, 2.24) is 37.2 Å². The molecule has 15 N–H and O–H groups in total.